The number of carbonyl (C=O) groups excluding carboxylic acids is 1. The molecule has 3 rings (SSSR count). The van der Waals surface area contributed by atoms with Crippen LogP contribution in [0.4, 0.5) is 0 Å². The highest BCUT2D eigenvalue weighted by Gasteiger charge is 2.37. The first kappa shape index (κ1) is 14.6. The van der Waals surface area contributed by atoms with Gasteiger partial charge in [-0.15, -0.1) is 0 Å². The summed E-state index contributed by atoms with van der Waals surface area (Å²) in [4.78, 5) is 11.9. The predicted molar refractivity (Wildman–Crippen MR) is 91.0 cm³/mol. The molecule has 0 saturated carbocycles. The first-order valence-electron chi connectivity index (χ1n) is 7.83. The fourth-order valence-corrected chi connectivity index (χ4v) is 2.94. The first-order valence-corrected chi connectivity index (χ1v) is 7.83. The van der Waals surface area contributed by atoms with Crippen LogP contribution in [0.3, 0.4) is 0 Å². The molecule has 1 heterocycles. The van der Waals surface area contributed by atoms with Crippen LogP contribution in [0.1, 0.15) is 38.3 Å². The van der Waals surface area contributed by atoms with Crippen molar-refractivity contribution in [3.8, 4) is 0 Å². The van der Waals surface area contributed by atoms with Crippen molar-refractivity contribution in [2.75, 3.05) is 0 Å². The summed E-state index contributed by atoms with van der Waals surface area (Å²) in [6, 6.07) is 12.8. The van der Waals surface area contributed by atoms with Gasteiger partial charge in [-0.2, -0.15) is 0 Å². The number of carbonyl (C=O) groups is 1. The molecule has 1 aliphatic heterocycles. The molecule has 0 aliphatic carbocycles. The maximum atomic E-state index is 11.9. The molecular formula is C19H22N2O. The summed E-state index contributed by atoms with van der Waals surface area (Å²) in [7, 11) is 0. The Hall–Kier alpha value is -2.29. The van der Waals surface area contributed by atoms with E-state index in [1.165, 1.54) is 16.3 Å². The molecule has 0 unspecified atom stereocenters. The lowest BCUT2D eigenvalue weighted by molar-refractivity contribution is -0.125. The molecule has 0 bridgehead atoms. The van der Waals surface area contributed by atoms with Gasteiger partial charge in [-0.25, -0.2) is 0 Å². The number of hydrazine groups is 1. The molecule has 3 heteroatoms. The maximum Gasteiger partial charge on any atom is 0.249 e. The van der Waals surface area contributed by atoms with Crippen molar-refractivity contribution in [2.45, 2.75) is 33.6 Å². The molecule has 114 valence electrons. The fraction of sp³-hybridized carbons (Fsp3) is 0.316. The Morgan fingerprint density at radius 1 is 1.05 bits per heavy atom. The second-order valence-corrected chi connectivity index (χ2v) is 6.37. The largest absolute Gasteiger partial charge is 0.302 e. The second kappa shape index (κ2) is 5.48. The minimum absolute atomic E-state index is 0.00524. The summed E-state index contributed by atoms with van der Waals surface area (Å²) >= 11 is 0. The molecule has 1 fully saturated rings. The molecule has 1 saturated heterocycles. The van der Waals surface area contributed by atoms with Crippen LogP contribution in [0, 0.1) is 5.41 Å². The normalized spacial score (nSPS) is 18.5. The molecule has 22 heavy (non-hydrogen) atoms. The lowest BCUT2D eigenvalue weighted by atomic mass is 9.88. The quantitative estimate of drug-likeness (QED) is 0.904. The molecule has 2 aromatic carbocycles. The fourth-order valence-electron chi connectivity index (χ4n) is 2.94. The van der Waals surface area contributed by atoms with E-state index in [9.17, 15) is 4.79 Å². The molecule has 2 N–H and O–H groups in total. The van der Waals surface area contributed by atoms with E-state index >= 15 is 0 Å². The number of nitrogens with one attached hydrogen (secondary N) is 2. The summed E-state index contributed by atoms with van der Waals surface area (Å²) in [5, 5.41) is 2.53. The lowest BCUT2D eigenvalue weighted by Gasteiger charge is -2.15. The van der Waals surface area contributed by atoms with E-state index in [0.29, 0.717) is 0 Å². The summed E-state index contributed by atoms with van der Waals surface area (Å²) in [5.74, 6) is 0.00524. The van der Waals surface area contributed by atoms with Gasteiger partial charge in [0.1, 0.15) is 0 Å². The second-order valence-electron chi connectivity index (χ2n) is 6.37. The molecule has 0 atom stereocenters. The van der Waals surface area contributed by atoms with Crippen LogP contribution < -0.4 is 10.9 Å². The van der Waals surface area contributed by atoms with Crippen LogP contribution in [-0.2, 0) is 11.2 Å². The van der Waals surface area contributed by atoms with Crippen molar-refractivity contribution < 1.29 is 4.79 Å². The Bertz CT molecular complexity index is 759. The van der Waals surface area contributed by atoms with E-state index in [-0.39, 0.29) is 5.91 Å². The molecule has 0 radical (unpaired) electrons. The number of hydrogen-bond acceptors (Lipinski definition) is 2. The van der Waals surface area contributed by atoms with E-state index in [1.807, 2.05) is 13.8 Å². The van der Waals surface area contributed by atoms with E-state index in [2.05, 4.69) is 60.2 Å². The molecular weight excluding hydrogens is 272 g/mol. The zero-order valence-electron chi connectivity index (χ0n) is 13.4. The summed E-state index contributed by atoms with van der Waals surface area (Å²) < 4.78 is 0. The third-order valence-electron chi connectivity index (χ3n) is 4.42. The van der Waals surface area contributed by atoms with Crippen molar-refractivity contribution in [1.82, 2.24) is 10.9 Å². The van der Waals surface area contributed by atoms with Gasteiger partial charge in [0, 0.05) is 5.70 Å². The van der Waals surface area contributed by atoms with Crippen molar-refractivity contribution in [2.24, 2.45) is 5.41 Å². The molecule has 0 spiro atoms. The van der Waals surface area contributed by atoms with Gasteiger partial charge in [-0.05, 0) is 48.2 Å². The van der Waals surface area contributed by atoms with Crippen LogP contribution in [0.25, 0.3) is 16.8 Å². The van der Waals surface area contributed by atoms with E-state index in [1.54, 1.807) is 0 Å². The standard InChI is InChI=1S/C19H22N2O/c1-4-7-13-8-5-11-16-14(9-6-10-15(13)16)12-17-19(2,3)18(22)21-20-17/h5-6,8-12,20H,4,7H2,1-3H3,(H,21,22)/b17-12-. The van der Waals surface area contributed by atoms with E-state index in [4.69, 9.17) is 0 Å². The summed E-state index contributed by atoms with van der Waals surface area (Å²) in [6.45, 7) is 6.07. The molecule has 0 aromatic heterocycles. The van der Waals surface area contributed by atoms with Gasteiger partial charge < -0.3 is 5.43 Å². The van der Waals surface area contributed by atoms with Crippen molar-refractivity contribution in [3.05, 3.63) is 53.2 Å². The highest BCUT2D eigenvalue weighted by atomic mass is 16.2. The van der Waals surface area contributed by atoms with Crippen molar-refractivity contribution >= 4 is 22.8 Å². The summed E-state index contributed by atoms with van der Waals surface area (Å²) in [6.07, 6.45) is 4.30. The average Bonchev–Trinajstić information content (AvgIpc) is 2.75. The zero-order chi connectivity index (χ0) is 15.7. The van der Waals surface area contributed by atoms with Crippen LogP contribution >= 0.6 is 0 Å². The SMILES string of the molecule is CCCc1cccc2c(/C=C3\NNC(=O)C3(C)C)cccc12. The van der Waals surface area contributed by atoms with Gasteiger partial charge in [-0.3, -0.25) is 10.2 Å². The maximum absolute atomic E-state index is 11.9. The minimum Gasteiger partial charge on any atom is -0.302 e. The van der Waals surface area contributed by atoms with Gasteiger partial charge in [0.05, 0.1) is 5.41 Å². The Morgan fingerprint density at radius 2 is 1.77 bits per heavy atom. The molecule has 1 amide bonds. The highest BCUT2D eigenvalue weighted by Crippen LogP contribution is 2.32. The molecule has 3 nitrogen and oxygen atoms in total. The van der Waals surface area contributed by atoms with Crippen molar-refractivity contribution in [1.29, 1.82) is 0 Å². The van der Waals surface area contributed by atoms with Crippen LogP contribution in [0.15, 0.2) is 42.1 Å². The van der Waals surface area contributed by atoms with Crippen molar-refractivity contribution in [3.63, 3.8) is 0 Å². The zero-order valence-corrected chi connectivity index (χ0v) is 13.4. The highest BCUT2D eigenvalue weighted by molar-refractivity contribution is 5.95. The van der Waals surface area contributed by atoms with Crippen LogP contribution in [0.5, 0.6) is 0 Å². The Balaban J connectivity index is 2.13. The lowest BCUT2D eigenvalue weighted by Crippen LogP contribution is -2.28. The number of fused-ring (bicyclic) bond motifs is 1. The Morgan fingerprint density at radius 3 is 2.45 bits per heavy atom. The third kappa shape index (κ3) is 2.37. The van der Waals surface area contributed by atoms with Crippen LogP contribution in [0.2, 0.25) is 0 Å². The first-order chi connectivity index (χ1) is 10.5. The Labute approximate surface area is 131 Å². The monoisotopic (exact) mass is 294 g/mol. The predicted octanol–water partition coefficient (Wildman–Crippen LogP) is 3.79. The van der Waals surface area contributed by atoms with Gasteiger partial charge >= 0.3 is 0 Å². The number of hydrogen-bond donors (Lipinski definition) is 2. The minimum atomic E-state index is -0.525. The summed E-state index contributed by atoms with van der Waals surface area (Å²) in [5.41, 5.74) is 8.62. The number of rotatable bonds is 3. The molecule has 1 aliphatic rings. The number of aryl methyl sites for hydroxylation is 1. The smallest absolute Gasteiger partial charge is 0.249 e. The van der Waals surface area contributed by atoms with E-state index < -0.39 is 5.41 Å². The topological polar surface area (TPSA) is 41.1 Å². The van der Waals surface area contributed by atoms with Gasteiger partial charge in [0.15, 0.2) is 0 Å². The number of benzene rings is 2. The van der Waals surface area contributed by atoms with Gasteiger partial charge in [0.2, 0.25) is 5.91 Å². The molecule has 2 aromatic rings. The van der Waals surface area contributed by atoms with E-state index in [0.717, 1.165) is 24.1 Å². The Kier molecular flexibility index (Phi) is 3.65. The third-order valence-corrected chi connectivity index (χ3v) is 4.42. The average molecular weight is 294 g/mol. The van der Waals surface area contributed by atoms with Gasteiger partial charge in [0.25, 0.3) is 0 Å². The van der Waals surface area contributed by atoms with Crippen LogP contribution in [-0.4, -0.2) is 5.91 Å². The van der Waals surface area contributed by atoms with Gasteiger partial charge in [-0.1, -0.05) is 49.7 Å². The number of amides is 1.